The maximum atomic E-state index is 13.3. The molecule has 0 spiro atoms. The summed E-state index contributed by atoms with van der Waals surface area (Å²) in [6, 6.07) is 12.9. The van der Waals surface area contributed by atoms with Crippen molar-refractivity contribution in [3.63, 3.8) is 0 Å². The van der Waals surface area contributed by atoms with Crippen LogP contribution < -0.4 is 9.75 Å². The number of aromatic nitrogens is 2. The topological polar surface area (TPSA) is 76.8 Å². The average Bonchev–Trinajstić information content (AvgIpc) is 3.13. The molecule has 2 aromatic carbocycles. The summed E-state index contributed by atoms with van der Waals surface area (Å²) in [4.78, 5) is 29.4. The van der Waals surface area contributed by atoms with E-state index in [0.717, 1.165) is 5.01 Å². The lowest BCUT2D eigenvalue weighted by Crippen LogP contribution is -2.28. The van der Waals surface area contributed by atoms with Gasteiger partial charge < -0.3 is 4.74 Å². The molecule has 0 bridgehead atoms. The summed E-state index contributed by atoms with van der Waals surface area (Å²) in [6.45, 7) is 2.79. The lowest BCUT2D eigenvalue weighted by atomic mass is 10.2. The molecule has 0 N–H and O–H groups in total. The molecule has 1 aliphatic heterocycles. The van der Waals surface area contributed by atoms with Crippen LogP contribution in [0.15, 0.2) is 58.7 Å². The van der Waals surface area contributed by atoms with Crippen molar-refractivity contribution in [1.29, 1.82) is 0 Å². The number of thioether (sulfide) groups is 1. The Bertz CT molecular complexity index is 1170. The lowest BCUT2D eigenvalue weighted by Gasteiger charge is -2.21. The monoisotopic (exact) mass is 424 g/mol. The van der Waals surface area contributed by atoms with E-state index in [2.05, 4.69) is 10.1 Å². The fourth-order valence-electron chi connectivity index (χ4n) is 3.03. The standard InChI is InChI=1S/C21H17FN4O3S/c1-12(27)25-18(14-6-10-17(29-3)11-7-14)23-19-21(25)30-20(24-26(19)13(2)28)15-4-8-16(22)9-5-15/h4-11H,1-3H3. The van der Waals surface area contributed by atoms with Gasteiger partial charge in [0.25, 0.3) is 0 Å². The first kappa shape index (κ1) is 19.8. The van der Waals surface area contributed by atoms with Gasteiger partial charge in [0.2, 0.25) is 11.8 Å². The zero-order valence-electron chi connectivity index (χ0n) is 16.4. The Morgan fingerprint density at radius 3 is 2.17 bits per heavy atom. The van der Waals surface area contributed by atoms with Crippen molar-refractivity contribution in [2.75, 3.05) is 12.1 Å². The van der Waals surface area contributed by atoms with Crippen molar-refractivity contribution in [1.82, 2.24) is 9.55 Å². The first-order valence-corrected chi connectivity index (χ1v) is 9.82. The fourth-order valence-corrected chi connectivity index (χ4v) is 4.12. The first-order chi connectivity index (χ1) is 14.4. The second-order valence-corrected chi connectivity index (χ2v) is 7.47. The molecule has 0 fully saturated rings. The predicted octanol–water partition coefficient (Wildman–Crippen LogP) is 4.18. The minimum absolute atomic E-state index is 0.258. The van der Waals surface area contributed by atoms with E-state index in [9.17, 15) is 14.0 Å². The van der Waals surface area contributed by atoms with Crippen LogP contribution in [0.1, 0.15) is 24.2 Å². The van der Waals surface area contributed by atoms with Gasteiger partial charge in [0.05, 0.1) is 7.11 Å². The first-order valence-electron chi connectivity index (χ1n) is 9.00. The molecule has 9 heteroatoms. The van der Waals surface area contributed by atoms with Gasteiger partial charge in [-0.25, -0.2) is 9.37 Å². The van der Waals surface area contributed by atoms with Crippen molar-refractivity contribution >= 4 is 34.4 Å². The number of methoxy groups -OCH3 is 1. The molecule has 1 aliphatic rings. The maximum Gasteiger partial charge on any atom is 0.245 e. The average molecular weight is 424 g/mol. The van der Waals surface area contributed by atoms with Crippen molar-refractivity contribution in [3.8, 4) is 17.1 Å². The molecule has 4 rings (SSSR count). The zero-order chi connectivity index (χ0) is 21.4. The molecule has 2 heterocycles. The SMILES string of the molecule is COc1ccc(-c2nc3c(n2C(C)=O)SC(c2ccc(F)cc2)=NN3C(C)=O)cc1. The Balaban J connectivity index is 1.87. The molecular formula is C21H17FN4O3S. The third-order valence-corrected chi connectivity index (χ3v) is 5.52. The summed E-state index contributed by atoms with van der Waals surface area (Å²) in [7, 11) is 1.57. The van der Waals surface area contributed by atoms with Crippen molar-refractivity contribution in [3.05, 3.63) is 59.9 Å². The van der Waals surface area contributed by atoms with Crippen LogP contribution in [0.5, 0.6) is 5.75 Å². The van der Waals surface area contributed by atoms with Crippen molar-refractivity contribution < 1.29 is 18.7 Å². The van der Waals surface area contributed by atoms with Crippen LogP contribution >= 0.6 is 11.8 Å². The number of benzene rings is 2. The summed E-state index contributed by atoms with van der Waals surface area (Å²) in [5.41, 5.74) is 1.31. The third kappa shape index (κ3) is 3.48. The van der Waals surface area contributed by atoms with Gasteiger partial charge in [0.15, 0.2) is 5.82 Å². The highest BCUT2D eigenvalue weighted by Gasteiger charge is 2.32. The normalized spacial score (nSPS) is 12.9. The van der Waals surface area contributed by atoms with Crippen molar-refractivity contribution in [2.24, 2.45) is 5.10 Å². The van der Waals surface area contributed by atoms with Crippen LogP contribution in [0.2, 0.25) is 0 Å². The lowest BCUT2D eigenvalue weighted by molar-refractivity contribution is -0.116. The number of halogens is 1. The van der Waals surface area contributed by atoms with E-state index >= 15 is 0 Å². The van der Waals surface area contributed by atoms with E-state index in [-0.39, 0.29) is 23.4 Å². The molecule has 1 aromatic heterocycles. The van der Waals surface area contributed by atoms with Gasteiger partial charge in [-0.3, -0.25) is 14.2 Å². The molecule has 7 nitrogen and oxygen atoms in total. The van der Waals surface area contributed by atoms with Crippen LogP contribution in [-0.4, -0.2) is 33.5 Å². The van der Waals surface area contributed by atoms with E-state index in [4.69, 9.17) is 4.74 Å². The van der Waals surface area contributed by atoms with Crippen LogP contribution in [0.4, 0.5) is 10.2 Å². The van der Waals surface area contributed by atoms with Gasteiger partial charge in [-0.05, 0) is 60.3 Å². The Morgan fingerprint density at radius 1 is 0.967 bits per heavy atom. The van der Waals surface area contributed by atoms with Crippen LogP contribution in [0.3, 0.4) is 0 Å². The number of nitrogens with zero attached hydrogens (tertiary/aromatic N) is 4. The summed E-state index contributed by atoms with van der Waals surface area (Å²) < 4.78 is 20.0. The van der Waals surface area contributed by atoms with E-state index in [0.29, 0.717) is 32.8 Å². The van der Waals surface area contributed by atoms with Gasteiger partial charge in [-0.15, -0.1) is 0 Å². The predicted molar refractivity (Wildman–Crippen MR) is 112 cm³/mol. The second kappa shape index (κ2) is 7.75. The largest absolute Gasteiger partial charge is 0.497 e. The summed E-state index contributed by atoms with van der Waals surface area (Å²) in [5.74, 6) is 0.353. The third-order valence-electron chi connectivity index (χ3n) is 4.46. The maximum absolute atomic E-state index is 13.3. The highest BCUT2D eigenvalue weighted by molar-refractivity contribution is 8.14. The minimum atomic E-state index is -0.375. The van der Waals surface area contributed by atoms with Crippen LogP contribution in [0, 0.1) is 5.82 Å². The molecule has 0 unspecified atom stereocenters. The number of imidazole rings is 1. The highest BCUT2D eigenvalue weighted by Crippen LogP contribution is 2.40. The minimum Gasteiger partial charge on any atom is -0.497 e. The number of hydrazone groups is 1. The van der Waals surface area contributed by atoms with Gasteiger partial charge in [-0.2, -0.15) is 10.1 Å². The number of rotatable bonds is 3. The number of fused-ring (bicyclic) bond motifs is 1. The molecule has 0 saturated carbocycles. The quantitative estimate of drug-likeness (QED) is 0.631. The smallest absolute Gasteiger partial charge is 0.245 e. The summed E-state index contributed by atoms with van der Waals surface area (Å²) in [6.07, 6.45) is 0. The van der Waals surface area contributed by atoms with Crippen LogP contribution in [0.25, 0.3) is 11.4 Å². The van der Waals surface area contributed by atoms with Crippen LogP contribution in [-0.2, 0) is 4.79 Å². The van der Waals surface area contributed by atoms with Gasteiger partial charge in [0, 0.05) is 25.0 Å². The molecule has 3 aromatic rings. The Hall–Kier alpha value is -3.46. The van der Waals surface area contributed by atoms with E-state index in [1.807, 2.05) is 0 Å². The van der Waals surface area contributed by atoms with E-state index in [1.165, 1.54) is 42.3 Å². The van der Waals surface area contributed by atoms with E-state index in [1.54, 1.807) is 43.5 Å². The molecule has 0 aliphatic carbocycles. The number of ether oxygens (including phenoxy) is 1. The molecule has 0 saturated heterocycles. The van der Waals surface area contributed by atoms with Gasteiger partial charge in [0.1, 0.15) is 27.5 Å². The molecule has 0 atom stereocenters. The number of hydrogen-bond donors (Lipinski definition) is 0. The number of carbonyl (C=O) groups is 2. The highest BCUT2D eigenvalue weighted by atomic mass is 32.2. The Kier molecular flexibility index (Phi) is 5.13. The van der Waals surface area contributed by atoms with E-state index < -0.39 is 0 Å². The van der Waals surface area contributed by atoms with Gasteiger partial charge >= 0.3 is 0 Å². The zero-order valence-corrected chi connectivity index (χ0v) is 17.2. The number of amides is 1. The second-order valence-electron chi connectivity index (χ2n) is 6.49. The molecule has 1 amide bonds. The molecule has 152 valence electrons. The Morgan fingerprint density at radius 2 is 1.60 bits per heavy atom. The Labute approximate surface area is 176 Å². The number of anilines is 1. The number of carbonyl (C=O) groups excluding carboxylic acids is 2. The summed E-state index contributed by atoms with van der Waals surface area (Å²) >= 11 is 1.20. The molecule has 30 heavy (non-hydrogen) atoms. The van der Waals surface area contributed by atoms with Gasteiger partial charge in [-0.1, -0.05) is 0 Å². The summed E-state index contributed by atoms with van der Waals surface area (Å²) in [5, 5.41) is 6.48. The molecular weight excluding hydrogens is 407 g/mol. The molecule has 0 radical (unpaired) electrons. The fraction of sp³-hybridized carbons (Fsp3) is 0.143. The number of hydrogen-bond acceptors (Lipinski definition) is 6. The van der Waals surface area contributed by atoms with Crippen molar-refractivity contribution in [2.45, 2.75) is 18.9 Å².